The van der Waals surface area contributed by atoms with Crippen LogP contribution >= 0.6 is 7.60 Å². The summed E-state index contributed by atoms with van der Waals surface area (Å²) >= 11 is 0. The lowest BCUT2D eigenvalue weighted by atomic mass is 9.98. The summed E-state index contributed by atoms with van der Waals surface area (Å²) in [6.45, 7) is 0. The Morgan fingerprint density at radius 2 is 1.52 bits per heavy atom. The van der Waals surface area contributed by atoms with Crippen molar-refractivity contribution in [1.82, 2.24) is 0 Å². The van der Waals surface area contributed by atoms with Crippen molar-refractivity contribution in [2.45, 2.75) is 82.6 Å². The largest absolute Gasteiger partial charge is 0.433 e. The Balaban J connectivity index is 1.71. The van der Waals surface area contributed by atoms with Crippen LogP contribution in [0.4, 0.5) is 5.88 Å². The average molecular weight is 371 g/mol. The van der Waals surface area contributed by atoms with Crippen LogP contribution in [0.3, 0.4) is 0 Å². The molecule has 0 atom stereocenters. The summed E-state index contributed by atoms with van der Waals surface area (Å²) in [4.78, 5) is 10.2. The number of furan rings is 1. The first-order chi connectivity index (χ1) is 12.0. The fourth-order valence-electron chi connectivity index (χ4n) is 3.64. The smallest absolute Gasteiger partial charge is 0.405 e. The molecule has 140 valence electrons. The first-order valence-corrected chi connectivity index (χ1v) is 11.0. The summed E-state index contributed by atoms with van der Waals surface area (Å²) in [7, 11) is -3.41. The van der Waals surface area contributed by atoms with Gasteiger partial charge in [0.15, 0.2) is 0 Å². The third-order valence-corrected chi connectivity index (χ3v) is 6.84. The van der Waals surface area contributed by atoms with Crippen molar-refractivity contribution in [2.75, 3.05) is 0 Å². The van der Waals surface area contributed by atoms with Gasteiger partial charge in [0.05, 0.1) is 18.3 Å². The number of hydrogen-bond donors (Lipinski definition) is 0. The van der Waals surface area contributed by atoms with E-state index in [0.29, 0.717) is 0 Å². The number of hydrogen-bond acceptors (Lipinski definition) is 6. The van der Waals surface area contributed by atoms with Crippen LogP contribution in [0, 0.1) is 10.1 Å². The zero-order valence-electron chi connectivity index (χ0n) is 14.4. The van der Waals surface area contributed by atoms with Gasteiger partial charge in [-0.15, -0.1) is 0 Å². The van der Waals surface area contributed by atoms with Crippen LogP contribution in [-0.4, -0.2) is 17.1 Å². The molecule has 2 fully saturated rings. The normalized spacial score (nSPS) is 20.6. The van der Waals surface area contributed by atoms with Crippen LogP contribution in [0.1, 0.15) is 70.0 Å². The van der Waals surface area contributed by atoms with Crippen LogP contribution in [0.15, 0.2) is 16.5 Å². The molecule has 7 nitrogen and oxygen atoms in total. The zero-order chi connectivity index (χ0) is 17.7. The highest BCUT2D eigenvalue weighted by atomic mass is 31.2. The van der Waals surface area contributed by atoms with Crippen LogP contribution in [0.25, 0.3) is 0 Å². The Labute approximate surface area is 147 Å². The van der Waals surface area contributed by atoms with Crippen LogP contribution in [0.5, 0.6) is 0 Å². The minimum Gasteiger partial charge on any atom is -0.405 e. The molecule has 2 aliphatic carbocycles. The van der Waals surface area contributed by atoms with E-state index in [1.165, 1.54) is 25.0 Å². The lowest BCUT2D eigenvalue weighted by molar-refractivity contribution is -0.402. The number of rotatable bonds is 7. The Morgan fingerprint density at radius 3 is 1.96 bits per heavy atom. The molecule has 0 aromatic carbocycles. The molecule has 25 heavy (non-hydrogen) atoms. The van der Waals surface area contributed by atoms with Crippen molar-refractivity contribution in [2.24, 2.45) is 0 Å². The second-order valence-electron chi connectivity index (χ2n) is 7.00. The molecule has 2 aliphatic rings. The Hall–Kier alpha value is -1.17. The predicted molar refractivity (Wildman–Crippen MR) is 92.6 cm³/mol. The van der Waals surface area contributed by atoms with E-state index in [4.69, 9.17) is 13.5 Å². The van der Waals surface area contributed by atoms with E-state index >= 15 is 0 Å². The van der Waals surface area contributed by atoms with Gasteiger partial charge < -0.3 is 13.5 Å². The summed E-state index contributed by atoms with van der Waals surface area (Å²) < 4.78 is 30.5. The first kappa shape index (κ1) is 18.6. The highest BCUT2D eigenvalue weighted by molar-refractivity contribution is 7.53. The van der Waals surface area contributed by atoms with Crippen molar-refractivity contribution < 1.29 is 23.0 Å². The van der Waals surface area contributed by atoms with Gasteiger partial charge in [0, 0.05) is 0 Å². The molecule has 0 unspecified atom stereocenters. The van der Waals surface area contributed by atoms with E-state index < -0.39 is 12.5 Å². The predicted octanol–water partition coefficient (Wildman–Crippen LogP) is 5.58. The zero-order valence-corrected chi connectivity index (χ0v) is 15.3. The van der Waals surface area contributed by atoms with Gasteiger partial charge in [-0.3, -0.25) is 14.7 Å². The molecular formula is C17H26NO6P. The third kappa shape index (κ3) is 5.40. The molecule has 0 N–H and O–H groups in total. The summed E-state index contributed by atoms with van der Waals surface area (Å²) in [5.41, 5.74) is 0. The summed E-state index contributed by atoms with van der Waals surface area (Å²) in [6.07, 6.45) is 10.0. The maximum atomic E-state index is 13.4. The molecular weight excluding hydrogens is 345 g/mol. The quantitative estimate of drug-likeness (QED) is 0.353. The lowest BCUT2D eigenvalue weighted by Crippen LogP contribution is -2.21. The highest BCUT2D eigenvalue weighted by Gasteiger charge is 2.35. The molecule has 0 spiro atoms. The van der Waals surface area contributed by atoms with Gasteiger partial charge in [0.25, 0.3) is 0 Å². The van der Waals surface area contributed by atoms with Crippen LogP contribution in [-0.2, 0) is 19.8 Å². The van der Waals surface area contributed by atoms with Crippen molar-refractivity contribution in [3.8, 4) is 0 Å². The minimum absolute atomic E-state index is 0.0478. The highest BCUT2D eigenvalue weighted by Crippen LogP contribution is 2.56. The maximum Gasteiger partial charge on any atom is 0.433 e. The Bertz CT molecular complexity index is 594. The fraction of sp³-hybridized carbons (Fsp3) is 0.765. The Kier molecular flexibility index (Phi) is 6.31. The topological polar surface area (TPSA) is 91.8 Å². The minimum atomic E-state index is -3.41. The van der Waals surface area contributed by atoms with Gasteiger partial charge in [-0.2, -0.15) is 0 Å². The van der Waals surface area contributed by atoms with E-state index in [1.807, 2.05) is 0 Å². The SMILES string of the molecule is O=[N+]([O-])c1ccc(CP(=O)(OC2CCCCC2)OC2CCCCC2)o1. The van der Waals surface area contributed by atoms with Crippen LogP contribution in [0.2, 0.25) is 0 Å². The van der Waals surface area contributed by atoms with Crippen molar-refractivity contribution in [3.63, 3.8) is 0 Å². The molecule has 1 heterocycles. The van der Waals surface area contributed by atoms with Crippen molar-refractivity contribution in [1.29, 1.82) is 0 Å². The van der Waals surface area contributed by atoms with Crippen LogP contribution < -0.4 is 0 Å². The molecule has 0 radical (unpaired) electrons. The molecule has 1 aromatic heterocycles. The number of nitro groups is 1. The third-order valence-electron chi connectivity index (χ3n) is 4.90. The molecule has 0 amide bonds. The molecule has 0 saturated heterocycles. The van der Waals surface area contributed by atoms with E-state index in [9.17, 15) is 14.7 Å². The van der Waals surface area contributed by atoms with Crippen molar-refractivity contribution >= 4 is 13.5 Å². The van der Waals surface area contributed by atoms with Gasteiger partial charge in [0.1, 0.15) is 16.8 Å². The standard InChI is InChI=1S/C17H26NO6P/c19-18(20)17-12-11-16(22-17)13-25(21,23-14-7-3-1-4-8-14)24-15-9-5-2-6-10-15/h11-12,14-15H,1-10,13H2. The van der Waals surface area contributed by atoms with Gasteiger partial charge >= 0.3 is 13.5 Å². The molecule has 1 aromatic rings. The molecule has 3 rings (SSSR count). The maximum absolute atomic E-state index is 13.4. The average Bonchev–Trinajstić information content (AvgIpc) is 3.05. The van der Waals surface area contributed by atoms with Gasteiger partial charge in [-0.05, 0) is 31.7 Å². The monoisotopic (exact) mass is 371 g/mol. The molecule has 8 heteroatoms. The van der Waals surface area contributed by atoms with E-state index in [1.54, 1.807) is 0 Å². The Morgan fingerprint density at radius 1 is 1.00 bits per heavy atom. The molecule has 0 aliphatic heterocycles. The fourth-order valence-corrected chi connectivity index (χ4v) is 5.72. The molecule has 2 saturated carbocycles. The van der Waals surface area contributed by atoms with Gasteiger partial charge in [0.2, 0.25) is 0 Å². The second-order valence-corrected chi connectivity index (χ2v) is 8.96. The summed E-state index contributed by atoms with van der Waals surface area (Å²) in [5.74, 6) is -0.0708. The van der Waals surface area contributed by atoms with E-state index in [-0.39, 0.29) is 30.0 Å². The first-order valence-electron chi connectivity index (χ1n) is 9.23. The summed E-state index contributed by atoms with van der Waals surface area (Å²) in [6, 6.07) is 2.76. The van der Waals surface area contributed by atoms with E-state index in [2.05, 4.69) is 0 Å². The van der Waals surface area contributed by atoms with Gasteiger partial charge in [-0.25, -0.2) is 0 Å². The van der Waals surface area contributed by atoms with Crippen molar-refractivity contribution in [3.05, 3.63) is 28.0 Å². The van der Waals surface area contributed by atoms with Gasteiger partial charge in [-0.1, -0.05) is 38.5 Å². The summed E-state index contributed by atoms with van der Waals surface area (Å²) in [5, 5.41) is 10.8. The van der Waals surface area contributed by atoms with E-state index in [0.717, 1.165) is 51.4 Å². The molecule has 0 bridgehead atoms. The number of nitrogens with zero attached hydrogens (tertiary/aromatic N) is 1. The second kappa shape index (κ2) is 8.47. The lowest BCUT2D eigenvalue weighted by Gasteiger charge is -2.31.